The third kappa shape index (κ3) is 4.52. The SMILES string of the molecule is CC(C)c1ccc(C(=O)OC2C(OC(=O)c3ccc(C(C)C)cc3)[C@H]3c4ccccc4[C@H]2c2ccccc23)cc1. The van der Waals surface area contributed by atoms with Gasteiger partial charge in [0.15, 0.2) is 12.2 Å². The number of carbonyl (C=O) groups excluding carboxylic acids is 2. The largest absolute Gasteiger partial charge is 0.454 e. The van der Waals surface area contributed by atoms with E-state index in [1.807, 2.05) is 72.8 Å². The molecule has 0 amide bonds. The minimum atomic E-state index is -0.661. The summed E-state index contributed by atoms with van der Waals surface area (Å²) in [7, 11) is 0. The van der Waals surface area contributed by atoms with E-state index in [2.05, 4.69) is 52.0 Å². The first-order valence-corrected chi connectivity index (χ1v) is 14.1. The summed E-state index contributed by atoms with van der Waals surface area (Å²) in [6.45, 7) is 8.49. The molecule has 40 heavy (non-hydrogen) atoms. The predicted octanol–water partition coefficient (Wildman–Crippen LogP) is 7.98. The van der Waals surface area contributed by atoms with E-state index in [1.165, 1.54) is 0 Å². The molecule has 0 aromatic heterocycles. The molecule has 2 unspecified atom stereocenters. The van der Waals surface area contributed by atoms with Crippen molar-refractivity contribution < 1.29 is 19.1 Å². The van der Waals surface area contributed by atoms with E-state index < -0.39 is 24.1 Å². The first-order chi connectivity index (χ1) is 19.3. The van der Waals surface area contributed by atoms with Crippen molar-refractivity contribution in [2.45, 2.75) is 63.6 Å². The lowest BCUT2D eigenvalue weighted by atomic mass is 9.61. The summed E-state index contributed by atoms with van der Waals surface area (Å²) < 4.78 is 12.6. The summed E-state index contributed by atoms with van der Waals surface area (Å²) in [4.78, 5) is 27.1. The maximum Gasteiger partial charge on any atom is 0.338 e. The Bertz CT molecular complexity index is 1380. The Morgan fingerprint density at radius 3 is 1.07 bits per heavy atom. The van der Waals surface area contributed by atoms with Gasteiger partial charge < -0.3 is 9.47 Å². The maximum absolute atomic E-state index is 13.5. The van der Waals surface area contributed by atoms with Crippen LogP contribution in [0.2, 0.25) is 0 Å². The van der Waals surface area contributed by atoms with Gasteiger partial charge in [0.1, 0.15) is 0 Å². The normalized spacial score (nSPS) is 20.6. The molecule has 3 aliphatic rings. The van der Waals surface area contributed by atoms with Crippen molar-refractivity contribution in [1.82, 2.24) is 0 Å². The minimum absolute atomic E-state index is 0.239. The number of rotatable bonds is 6. The van der Waals surface area contributed by atoms with Gasteiger partial charge in [-0.3, -0.25) is 0 Å². The fraction of sp³-hybridized carbons (Fsp3) is 0.278. The van der Waals surface area contributed by atoms with Gasteiger partial charge in [0.2, 0.25) is 0 Å². The molecule has 4 nitrogen and oxygen atoms in total. The van der Waals surface area contributed by atoms with Crippen molar-refractivity contribution in [2.24, 2.45) is 0 Å². The average molecular weight is 531 g/mol. The zero-order valence-electron chi connectivity index (χ0n) is 23.3. The predicted molar refractivity (Wildman–Crippen MR) is 156 cm³/mol. The van der Waals surface area contributed by atoms with E-state index in [0.717, 1.165) is 33.4 Å². The third-order valence-corrected chi connectivity index (χ3v) is 8.43. The molecule has 4 aromatic rings. The topological polar surface area (TPSA) is 52.6 Å². The van der Waals surface area contributed by atoms with Gasteiger partial charge in [0.05, 0.1) is 23.0 Å². The van der Waals surface area contributed by atoms with Crippen LogP contribution >= 0.6 is 0 Å². The Morgan fingerprint density at radius 1 is 0.500 bits per heavy atom. The van der Waals surface area contributed by atoms with Crippen LogP contribution in [-0.2, 0) is 9.47 Å². The summed E-state index contributed by atoms with van der Waals surface area (Å²) in [5.41, 5.74) is 7.77. The monoisotopic (exact) mass is 530 g/mol. The van der Waals surface area contributed by atoms with Gasteiger partial charge in [-0.05, 0) is 69.5 Å². The van der Waals surface area contributed by atoms with Crippen LogP contribution in [0.4, 0.5) is 0 Å². The number of hydrogen-bond acceptors (Lipinski definition) is 4. The summed E-state index contributed by atoms with van der Waals surface area (Å²) in [5, 5.41) is 0. The lowest BCUT2D eigenvalue weighted by molar-refractivity contribution is -0.0557. The van der Waals surface area contributed by atoms with E-state index in [1.54, 1.807) is 0 Å². The van der Waals surface area contributed by atoms with Crippen LogP contribution in [0.15, 0.2) is 97.1 Å². The van der Waals surface area contributed by atoms with Crippen molar-refractivity contribution in [3.8, 4) is 0 Å². The smallest absolute Gasteiger partial charge is 0.338 e. The van der Waals surface area contributed by atoms with Crippen LogP contribution in [0.25, 0.3) is 0 Å². The molecule has 7 rings (SSSR count). The maximum atomic E-state index is 13.5. The Hall–Kier alpha value is -4.18. The number of fused-ring (bicyclic) bond motifs is 1. The van der Waals surface area contributed by atoms with Crippen LogP contribution < -0.4 is 0 Å². The van der Waals surface area contributed by atoms with Crippen molar-refractivity contribution in [1.29, 1.82) is 0 Å². The fourth-order valence-corrected chi connectivity index (χ4v) is 6.24. The zero-order chi connectivity index (χ0) is 28.0. The molecule has 0 spiro atoms. The molecule has 0 aliphatic heterocycles. The van der Waals surface area contributed by atoms with Gasteiger partial charge in [-0.1, -0.05) is 100 Å². The highest BCUT2D eigenvalue weighted by Gasteiger charge is 2.53. The molecule has 0 saturated heterocycles. The van der Waals surface area contributed by atoms with Crippen LogP contribution in [0, 0.1) is 0 Å². The highest BCUT2D eigenvalue weighted by molar-refractivity contribution is 5.91. The van der Waals surface area contributed by atoms with E-state index in [-0.39, 0.29) is 11.8 Å². The Labute approximate surface area is 236 Å². The molecule has 2 atom stereocenters. The summed E-state index contributed by atoms with van der Waals surface area (Å²) in [5.74, 6) is -0.568. The van der Waals surface area contributed by atoms with Crippen LogP contribution in [0.5, 0.6) is 0 Å². The number of hydrogen-bond donors (Lipinski definition) is 0. The zero-order valence-corrected chi connectivity index (χ0v) is 23.3. The molecular formula is C36H34O4. The van der Waals surface area contributed by atoms with Gasteiger partial charge in [-0.15, -0.1) is 0 Å². The first kappa shape index (κ1) is 26.1. The van der Waals surface area contributed by atoms with E-state index in [4.69, 9.17) is 9.47 Å². The molecular weight excluding hydrogens is 496 g/mol. The molecule has 2 bridgehead atoms. The van der Waals surface area contributed by atoms with Crippen molar-refractivity contribution in [3.05, 3.63) is 142 Å². The second-order valence-corrected chi connectivity index (χ2v) is 11.5. The molecule has 202 valence electrons. The number of benzene rings is 4. The van der Waals surface area contributed by atoms with E-state index in [0.29, 0.717) is 23.0 Å². The molecule has 0 saturated carbocycles. The summed E-state index contributed by atoms with van der Waals surface area (Å²) >= 11 is 0. The van der Waals surface area contributed by atoms with Gasteiger partial charge >= 0.3 is 11.9 Å². The van der Waals surface area contributed by atoms with Crippen molar-refractivity contribution >= 4 is 11.9 Å². The second kappa shape index (κ2) is 10.4. The summed E-state index contributed by atoms with van der Waals surface area (Å²) in [6, 6.07) is 31.6. The quantitative estimate of drug-likeness (QED) is 0.237. The van der Waals surface area contributed by atoms with Gasteiger partial charge in [-0.25, -0.2) is 9.59 Å². The standard InChI is InChI=1S/C36H34O4/c1-21(2)23-13-17-25(18-14-23)35(37)39-33-31-27-9-5-7-11-29(27)32(30-12-8-6-10-28(30)31)34(33)40-36(38)26-19-15-24(16-20-26)22(3)4/h5-22,31-34H,1-4H3/t31-,32-,33?,34?. The second-order valence-electron chi connectivity index (χ2n) is 11.5. The molecule has 0 N–H and O–H groups in total. The van der Waals surface area contributed by atoms with Gasteiger partial charge in [0, 0.05) is 0 Å². The van der Waals surface area contributed by atoms with Crippen LogP contribution in [0.1, 0.15) is 105 Å². The Balaban J connectivity index is 1.39. The fourth-order valence-electron chi connectivity index (χ4n) is 6.24. The molecule has 0 fully saturated rings. The lowest BCUT2D eigenvalue weighted by Gasteiger charge is -2.49. The number of carbonyl (C=O) groups is 2. The first-order valence-electron chi connectivity index (χ1n) is 14.1. The van der Waals surface area contributed by atoms with Crippen LogP contribution in [0.3, 0.4) is 0 Å². The lowest BCUT2D eigenvalue weighted by Crippen LogP contribution is -2.51. The molecule has 0 heterocycles. The molecule has 4 heteroatoms. The van der Waals surface area contributed by atoms with E-state index >= 15 is 0 Å². The minimum Gasteiger partial charge on any atom is -0.454 e. The van der Waals surface area contributed by atoms with Gasteiger partial charge in [-0.2, -0.15) is 0 Å². The third-order valence-electron chi connectivity index (χ3n) is 8.43. The van der Waals surface area contributed by atoms with Crippen molar-refractivity contribution in [3.63, 3.8) is 0 Å². The van der Waals surface area contributed by atoms with Crippen LogP contribution in [-0.4, -0.2) is 24.1 Å². The Morgan fingerprint density at radius 2 is 0.800 bits per heavy atom. The molecule has 0 radical (unpaired) electrons. The number of esters is 2. The molecule has 4 aromatic carbocycles. The van der Waals surface area contributed by atoms with Crippen molar-refractivity contribution in [2.75, 3.05) is 0 Å². The highest BCUT2D eigenvalue weighted by Crippen LogP contribution is 2.54. The average Bonchev–Trinajstić information content (AvgIpc) is 2.98. The number of ether oxygens (including phenoxy) is 2. The molecule has 3 aliphatic carbocycles. The summed E-state index contributed by atoms with van der Waals surface area (Å²) in [6.07, 6.45) is -1.32. The van der Waals surface area contributed by atoms with E-state index in [9.17, 15) is 9.59 Å². The Kier molecular flexibility index (Phi) is 6.79. The highest BCUT2D eigenvalue weighted by atomic mass is 16.6. The van der Waals surface area contributed by atoms with Gasteiger partial charge in [0.25, 0.3) is 0 Å².